The first-order valence-electron chi connectivity index (χ1n) is 6.61. The van der Waals surface area contributed by atoms with Crippen LogP contribution in [0.1, 0.15) is 17.2 Å². The van der Waals surface area contributed by atoms with Gasteiger partial charge in [0.05, 0.1) is 0 Å². The molecule has 2 aromatic carbocycles. The van der Waals surface area contributed by atoms with Crippen molar-refractivity contribution in [3.63, 3.8) is 0 Å². The molecule has 0 aromatic heterocycles. The van der Waals surface area contributed by atoms with Crippen LogP contribution >= 0.6 is 39.1 Å². The number of rotatable bonds is 5. The van der Waals surface area contributed by atoms with Gasteiger partial charge in [-0.05, 0) is 36.4 Å². The molecular weight excluding hydrogens is 371 g/mol. The van der Waals surface area contributed by atoms with Crippen LogP contribution in [-0.4, -0.2) is 18.5 Å². The lowest BCUT2D eigenvalue weighted by atomic mass is 10.0. The fourth-order valence-electron chi connectivity index (χ4n) is 2.32. The van der Waals surface area contributed by atoms with Crippen molar-refractivity contribution >= 4 is 39.1 Å². The zero-order valence-corrected chi connectivity index (χ0v) is 14.8. The summed E-state index contributed by atoms with van der Waals surface area (Å²) in [7, 11) is 2.03. The van der Waals surface area contributed by atoms with E-state index >= 15 is 0 Å². The van der Waals surface area contributed by atoms with E-state index in [4.69, 9.17) is 28.9 Å². The smallest absolute Gasteiger partial charge is 0.0485 e. The first-order valence-corrected chi connectivity index (χ1v) is 8.16. The topological polar surface area (TPSA) is 29.3 Å². The molecule has 0 aliphatic rings. The molecule has 0 fully saturated rings. The van der Waals surface area contributed by atoms with Crippen LogP contribution in [0.25, 0.3) is 0 Å². The number of hydrogen-bond acceptors (Lipinski definition) is 2. The molecule has 1 unspecified atom stereocenters. The highest BCUT2D eigenvalue weighted by atomic mass is 79.9. The van der Waals surface area contributed by atoms with Gasteiger partial charge in [-0.3, -0.25) is 4.90 Å². The Morgan fingerprint density at radius 3 is 2.48 bits per heavy atom. The summed E-state index contributed by atoms with van der Waals surface area (Å²) in [6.45, 7) is 1.20. The highest BCUT2D eigenvalue weighted by molar-refractivity contribution is 9.10. The molecule has 0 saturated heterocycles. The van der Waals surface area contributed by atoms with E-state index < -0.39 is 0 Å². The van der Waals surface area contributed by atoms with Crippen molar-refractivity contribution < 1.29 is 0 Å². The molecular formula is C16H17BrCl2N2. The molecule has 2 aromatic rings. The van der Waals surface area contributed by atoms with E-state index in [-0.39, 0.29) is 6.04 Å². The largest absolute Gasteiger partial charge is 0.329 e. The average molecular weight is 388 g/mol. The van der Waals surface area contributed by atoms with Crippen molar-refractivity contribution in [3.8, 4) is 0 Å². The summed E-state index contributed by atoms with van der Waals surface area (Å²) in [4.78, 5) is 2.16. The number of likely N-dealkylation sites (N-methyl/N-ethyl adjacent to an activating group) is 1. The molecule has 2 N–H and O–H groups in total. The Balaban J connectivity index is 2.22. The quantitative estimate of drug-likeness (QED) is 0.791. The first kappa shape index (κ1) is 16.8. The van der Waals surface area contributed by atoms with Crippen LogP contribution in [-0.2, 0) is 6.54 Å². The minimum Gasteiger partial charge on any atom is -0.329 e. The second kappa shape index (κ2) is 7.61. The molecule has 0 amide bonds. The molecule has 0 aliphatic heterocycles. The lowest BCUT2D eigenvalue weighted by Crippen LogP contribution is -2.30. The molecule has 21 heavy (non-hydrogen) atoms. The predicted octanol–water partition coefficient (Wildman–Crippen LogP) is 4.89. The lowest BCUT2D eigenvalue weighted by molar-refractivity contribution is 0.242. The molecule has 2 rings (SSSR count). The summed E-state index contributed by atoms with van der Waals surface area (Å²) < 4.78 is 0.959. The average Bonchev–Trinajstić information content (AvgIpc) is 2.44. The summed E-state index contributed by atoms with van der Waals surface area (Å²) in [6, 6.07) is 13.8. The van der Waals surface area contributed by atoms with Crippen LogP contribution in [0.15, 0.2) is 46.9 Å². The SMILES string of the molecule is CN(Cc1ccccc1Cl)C(CN)c1ccc(Br)cc1Cl. The molecule has 112 valence electrons. The van der Waals surface area contributed by atoms with Crippen LogP contribution in [0.2, 0.25) is 10.0 Å². The zero-order chi connectivity index (χ0) is 15.4. The Morgan fingerprint density at radius 2 is 1.86 bits per heavy atom. The number of nitrogens with zero attached hydrogens (tertiary/aromatic N) is 1. The standard InChI is InChI=1S/C16H17BrCl2N2/c1-21(10-11-4-2-3-5-14(11)18)16(9-20)13-7-6-12(17)8-15(13)19/h2-8,16H,9-10,20H2,1H3. The third-order valence-corrected chi connectivity index (χ3v) is 4.64. The fraction of sp³-hybridized carbons (Fsp3) is 0.250. The van der Waals surface area contributed by atoms with Crippen molar-refractivity contribution in [2.45, 2.75) is 12.6 Å². The van der Waals surface area contributed by atoms with Gasteiger partial charge in [-0.15, -0.1) is 0 Å². The summed E-state index contributed by atoms with van der Waals surface area (Å²) in [5.74, 6) is 0. The first-order chi connectivity index (χ1) is 10.0. The van der Waals surface area contributed by atoms with Gasteiger partial charge in [0.25, 0.3) is 0 Å². The molecule has 0 spiro atoms. The third-order valence-electron chi connectivity index (χ3n) is 3.45. The fourth-order valence-corrected chi connectivity index (χ4v) is 3.32. The summed E-state index contributed by atoms with van der Waals surface area (Å²) >= 11 is 16.0. The number of benzene rings is 2. The van der Waals surface area contributed by atoms with Gasteiger partial charge in [0.2, 0.25) is 0 Å². The monoisotopic (exact) mass is 386 g/mol. The molecule has 0 radical (unpaired) electrons. The van der Waals surface area contributed by atoms with Gasteiger partial charge in [-0.2, -0.15) is 0 Å². The minimum absolute atomic E-state index is 0.0434. The van der Waals surface area contributed by atoms with E-state index in [0.29, 0.717) is 18.1 Å². The van der Waals surface area contributed by atoms with Crippen molar-refractivity contribution in [3.05, 3.63) is 68.1 Å². The molecule has 1 atom stereocenters. The van der Waals surface area contributed by atoms with Crippen molar-refractivity contribution in [1.82, 2.24) is 4.90 Å². The predicted molar refractivity (Wildman–Crippen MR) is 93.9 cm³/mol. The Hall–Kier alpha value is -0.580. The number of halogens is 3. The summed E-state index contributed by atoms with van der Waals surface area (Å²) in [5, 5.41) is 1.48. The highest BCUT2D eigenvalue weighted by Crippen LogP contribution is 2.30. The van der Waals surface area contributed by atoms with Crippen molar-refractivity contribution in [2.75, 3.05) is 13.6 Å². The van der Waals surface area contributed by atoms with Crippen LogP contribution in [0, 0.1) is 0 Å². The molecule has 5 heteroatoms. The molecule has 0 heterocycles. The van der Waals surface area contributed by atoms with Gasteiger partial charge in [0.1, 0.15) is 0 Å². The van der Waals surface area contributed by atoms with Gasteiger partial charge in [-0.25, -0.2) is 0 Å². The van der Waals surface area contributed by atoms with E-state index in [9.17, 15) is 0 Å². The van der Waals surface area contributed by atoms with E-state index in [2.05, 4.69) is 20.8 Å². The van der Waals surface area contributed by atoms with Gasteiger partial charge in [-0.1, -0.05) is 63.4 Å². The maximum Gasteiger partial charge on any atom is 0.0485 e. The van der Waals surface area contributed by atoms with Crippen LogP contribution < -0.4 is 5.73 Å². The number of nitrogens with two attached hydrogens (primary N) is 1. The second-order valence-corrected chi connectivity index (χ2v) is 6.65. The third kappa shape index (κ3) is 4.21. The van der Waals surface area contributed by atoms with E-state index in [0.717, 1.165) is 20.6 Å². The summed E-state index contributed by atoms with van der Waals surface area (Å²) in [6.07, 6.45) is 0. The Labute approximate surface area is 144 Å². The normalized spacial score (nSPS) is 12.7. The van der Waals surface area contributed by atoms with Gasteiger partial charge >= 0.3 is 0 Å². The Morgan fingerprint density at radius 1 is 1.14 bits per heavy atom. The van der Waals surface area contributed by atoms with Crippen molar-refractivity contribution in [2.24, 2.45) is 5.73 Å². The molecule has 0 aliphatic carbocycles. The lowest BCUT2D eigenvalue weighted by Gasteiger charge is -2.28. The Kier molecular flexibility index (Phi) is 6.08. The van der Waals surface area contributed by atoms with Crippen LogP contribution in [0.4, 0.5) is 0 Å². The van der Waals surface area contributed by atoms with Crippen molar-refractivity contribution in [1.29, 1.82) is 0 Å². The van der Waals surface area contributed by atoms with E-state index in [1.165, 1.54) is 0 Å². The van der Waals surface area contributed by atoms with Gasteiger partial charge in [0, 0.05) is 33.6 Å². The van der Waals surface area contributed by atoms with E-state index in [1.807, 2.05) is 49.5 Å². The van der Waals surface area contributed by atoms with E-state index in [1.54, 1.807) is 0 Å². The van der Waals surface area contributed by atoms with Crippen LogP contribution in [0.5, 0.6) is 0 Å². The number of hydrogen-bond donors (Lipinski definition) is 1. The molecule has 2 nitrogen and oxygen atoms in total. The molecule has 0 saturated carbocycles. The Bertz CT molecular complexity index is 619. The van der Waals surface area contributed by atoms with Gasteiger partial charge in [0.15, 0.2) is 0 Å². The van der Waals surface area contributed by atoms with Crippen LogP contribution in [0.3, 0.4) is 0 Å². The second-order valence-electron chi connectivity index (χ2n) is 4.92. The van der Waals surface area contributed by atoms with Gasteiger partial charge < -0.3 is 5.73 Å². The maximum atomic E-state index is 6.34. The maximum absolute atomic E-state index is 6.34. The minimum atomic E-state index is 0.0434. The zero-order valence-electron chi connectivity index (χ0n) is 11.7. The molecule has 0 bridgehead atoms. The highest BCUT2D eigenvalue weighted by Gasteiger charge is 2.19. The summed E-state index contributed by atoms with van der Waals surface area (Å²) in [5.41, 5.74) is 8.06.